The van der Waals surface area contributed by atoms with Gasteiger partial charge in [0.25, 0.3) is 0 Å². The number of rotatable bonds is 7. The van der Waals surface area contributed by atoms with Crippen molar-refractivity contribution in [3.05, 3.63) is 53.6 Å². The van der Waals surface area contributed by atoms with Crippen LogP contribution >= 0.6 is 11.6 Å². The van der Waals surface area contributed by atoms with Crippen LogP contribution in [-0.2, 0) is 19.6 Å². The van der Waals surface area contributed by atoms with Gasteiger partial charge in [-0.05, 0) is 48.4 Å². The third kappa shape index (κ3) is 6.05. The molecule has 0 bridgehead atoms. The Balaban J connectivity index is 2.18. The third-order valence-electron chi connectivity index (χ3n) is 3.81. The fourth-order valence-electron chi connectivity index (χ4n) is 2.44. The number of sulfonamides is 1. The predicted molar refractivity (Wildman–Crippen MR) is 110 cm³/mol. The maximum Gasteiger partial charge on any atom is 0.242 e. The Morgan fingerprint density at radius 3 is 2.07 bits per heavy atom. The Labute approximate surface area is 169 Å². The lowest BCUT2D eigenvalue weighted by Crippen LogP contribution is -2.47. The average Bonchev–Trinajstić information content (AvgIpc) is 2.59. The summed E-state index contributed by atoms with van der Waals surface area (Å²) in [6.45, 7) is 4.86. The van der Waals surface area contributed by atoms with Gasteiger partial charge in [-0.2, -0.15) is 4.72 Å². The summed E-state index contributed by atoms with van der Waals surface area (Å²) in [5, 5.41) is 5.72. The van der Waals surface area contributed by atoms with E-state index >= 15 is 0 Å². The summed E-state index contributed by atoms with van der Waals surface area (Å²) in [5.74, 6) is -1.05. The van der Waals surface area contributed by atoms with Crippen LogP contribution in [0, 0.1) is 5.92 Å². The van der Waals surface area contributed by atoms with Gasteiger partial charge in [0.05, 0.1) is 4.90 Å². The van der Waals surface area contributed by atoms with E-state index < -0.39 is 22.0 Å². The van der Waals surface area contributed by atoms with Gasteiger partial charge in [0.15, 0.2) is 0 Å². The van der Waals surface area contributed by atoms with Crippen molar-refractivity contribution in [2.45, 2.75) is 31.7 Å². The lowest BCUT2D eigenvalue weighted by atomic mass is 10.0. The van der Waals surface area contributed by atoms with Crippen LogP contribution in [0.25, 0.3) is 0 Å². The summed E-state index contributed by atoms with van der Waals surface area (Å²) in [7, 11) is -3.91. The maximum atomic E-state index is 12.7. The van der Waals surface area contributed by atoms with E-state index in [-0.39, 0.29) is 16.7 Å². The van der Waals surface area contributed by atoms with Gasteiger partial charge in [0.2, 0.25) is 21.8 Å². The molecule has 0 aliphatic heterocycles. The molecule has 0 aliphatic rings. The molecule has 0 saturated carbocycles. The van der Waals surface area contributed by atoms with E-state index in [2.05, 4.69) is 15.4 Å². The zero-order valence-corrected chi connectivity index (χ0v) is 17.3. The quantitative estimate of drug-likeness (QED) is 0.635. The number of benzene rings is 2. The summed E-state index contributed by atoms with van der Waals surface area (Å²) in [5.41, 5.74) is 0.959. The van der Waals surface area contributed by atoms with Crippen LogP contribution in [-0.4, -0.2) is 26.3 Å². The van der Waals surface area contributed by atoms with Gasteiger partial charge in [0.1, 0.15) is 6.04 Å². The van der Waals surface area contributed by atoms with Crippen molar-refractivity contribution in [1.82, 2.24) is 4.72 Å². The second-order valence-corrected chi connectivity index (χ2v) is 8.70. The van der Waals surface area contributed by atoms with Crippen molar-refractivity contribution in [3.63, 3.8) is 0 Å². The number of halogens is 1. The Kier molecular flexibility index (Phi) is 7.17. The predicted octanol–water partition coefficient (Wildman–Crippen LogP) is 3.24. The van der Waals surface area contributed by atoms with Crippen molar-refractivity contribution in [2.24, 2.45) is 5.92 Å². The number of amides is 2. The Hall–Kier alpha value is -2.42. The third-order valence-corrected chi connectivity index (χ3v) is 5.51. The van der Waals surface area contributed by atoms with E-state index in [1.807, 2.05) is 0 Å². The maximum absolute atomic E-state index is 12.7. The van der Waals surface area contributed by atoms with Crippen LogP contribution in [0.4, 0.5) is 11.4 Å². The molecule has 3 N–H and O–H groups in total. The molecule has 0 spiro atoms. The molecule has 2 rings (SSSR count). The molecular weight excluding hydrogens is 402 g/mol. The number of hydrogen-bond acceptors (Lipinski definition) is 4. The smallest absolute Gasteiger partial charge is 0.242 e. The van der Waals surface area contributed by atoms with Crippen LogP contribution < -0.4 is 15.4 Å². The van der Waals surface area contributed by atoms with Gasteiger partial charge in [-0.1, -0.05) is 31.5 Å². The Morgan fingerprint density at radius 2 is 1.54 bits per heavy atom. The molecule has 28 heavy (non-hydrogen) atoms. The molecule has 0 aromatic heterocycles. The minimum Gasteiger partial charge on any atom is -0.326 e. The second-order valence-electron chi connectivity index (χ2n) is 6.55. The molecule has 0 unspecified atom stereocenters. The first-order valence-electron chi connectivity index (χ1n) is 8.55. The highest BCUT2D eigenvalue weighted by molar-refractivity contribution is 7.89. The van der Waals surface area contributed by atoms with E-state index in [1.54, 1.807) is 38.1 Å². The molecule has 7 nitrogen and oxygen atoms in total. The summed E-state index contributed by atoms with van der Waals surface area (Å²) >= 11 is 5.80. The first kappa shape index (κ1) is 21.9. The highest BCUT2D eigenvalue weighted by Gasteiger charge is 2.28. The zero-order valence-electron chi connectivity index (χ0n) is 15.7. The van der Waals surface area contributed by atoms with Crippen molar-refractivity contribution in [2.75, 3.05) is 10.6 Å². The molecule has 2 aromatic carbocycles. The standard InChI is InChI=1S/C19H22ClN3O4S/c1-12(2)18(23-28(26,27)17-9-7-14(20)8-10-17)19(25)22-16-6-4-5-15(11-16)21-13(3)24/h4-12,18,23H,1-3H3,(H,21,24)(H,22,25)/t18-/m0/s1. The Bertz CT molecular complexity index is 959. The van der Waals surface area contributed by atoms with E-state index in [4.69, 9.17) is 11.6 Å². The monoisotopic (exact) mass is 423 g/mol. The number of carbonyl (C=O) groups excluding carboxylic acids is 2. The topological polar surface area (TPSA) is 104 Å². The fraction of sp³-hybridized carbons (Fsp3) is 0.263. The van der Waals surface area contributed by atoms with Gasteiger partial charge in [-0.3, -0.25) is 9.59 Å². The lowest BCUT2D eigenvalue weighted by molar-refractivity contribution is -0.118. The van der Waals surface area contributed by atoms with Crippen molar-refractivity contribution in [3.8, 4) is 0 Å². The fourth-order valence-corrected chi connectivity index (χ4v) is 3.91. The van der Waals surface area contributed by atoms with E-state index in [9.17, 15) is 18.0 Å². The minimum absolute atomic E-state index is 0.0167. The van der Waals surface area contributed by atoms with Crippen LogP contribution in [0.1, 0.15) is 20.8 Å². The second kappa shape index (κ2) is 9.18. The van der Waals surface area contributed by atoms with Crippen LogP contribution in [0.3, 0.4) is 0 Å². The Morgan fingerprint density at radius 1 is 0.964 bits per heavy atom. The van der Waals surface area contributed by atoms with Gasteiger partial charge in [-0.25, -0.2) is 8.42 Å². The summed E-state index contributed by atoms with van der Waals surface area (Å²) in [4.78, 5) is 23.9. The first-order chi connectivity index (χ1) is 13.1. The zero-order chi connectivity index (χ0) is 20.9. The van der Waals surface area contributed by atoms with Crippen molar-refractivity contribution in [1.29, 1.82) is 0 Å². The molecule has 150 valence electrons. The van der Waals surface area contributed by atoms with Crippen LogP contribution in [0.5, 0.6) is 0 Å². The highest BCUT2D eigenvalue weighted by atomic mass is 35.5. The van der Waals surface area contributed by atoms with E-state index in [0.717, 1.165) is 0 Å². The summed E-state index contributed by atoms with van der Waals surface area (Å²) in [6.07, 6.45) is 0. The first-order valence-corrected chi connectivity index (χ1v) is 10.4. The molecule has 0 fully saturated rings. The van der Waals surface area contributed by atoms with Gasteiger partial charge in [0, 0.05) is 23.3 Å². The van der Waals surface area contributed by atoms with Gasteiger partial charge in [-0.15, -0.1) is 0 Å². The van der Waals surface area contributed by atoms with E-state index in [0.29, 0.717) is 16.4 Å². The largest absolute Gasteiger partial charge is 0.326 e. The minimum atomic E-state index is -3.91. The van der Waals surface area contributed by atoms with E-state index in [1.165, 1.54) is 31.2 Å². The number of carbonyl (C=O) groups is 2. The highest BCUT2D eigenvalue weighted by Crippen LogP contribution is 2.18. The van der Waals surface area contributed by atoms with Crippen molar-refractivity contribution >= 4 is 44.8 Å². The molecular formula is C19H22ClN3O4S. The van der Waals surface area contributed by atoms with Gasteiger partial charge >= 0.3 is 0 Å². The molecule has 1 atom stereocenters. The SMILES string of the molecule is CC(=O)Nc1cccc(NC(=O)[C@@H](NS(=O)(=O)c2ccc(Cl)cc2)C(C)C)c1. The normalized spacial score (nSPS) is 12.5. The molecule has 2 aromatic rings. The number of hydrogen-bond donors (Lipinski definition) is 3. The van der Waals surface area contributed by atoms with Crippen molar-refractivity contribution < 1.29 is 18.0 Å². The van der Waals surface area contributed by atoms with Gasteiger partial charge < -0.3 is 10.6 Å². The average molecular weight is 424 g/mol. The number of nitrogens with one attached hydrogen (secondary N) is 3. The molecule has 9 heteroatoms. The lowest BCUT2D eigenvalue weighted by Gasteiger charge is -2.22. The molecule has 0 aliphatic carbocycles. The summed E-state index contributed by atoms with van der Waals surface area (Å²) < 4.78 is 27.7. The van der Waals surface area contributed by atoms with Crippen LogP contribution in [0.15, 0.2) is 53.4 Å². The number of anilines is 2. The summed E-state index contributed by atoms with van der Waals surface area (Å²) in [6, 6.07) is 11.3. The molecule has 0 heterocycles. The molecule has 2 amide bonds. The van der Waals surface area contributed by atoms with Crippen LogP contribution in [0.2, 0.25) is 5.02 Å². The molecule has 0 saturated heterocycles. The molecule has 0 radical (unpaired) electrons.